The third-order valence-electron chi connectivity index (χ3n) is 10.1. The highest BCUT2D eigenvalue weighted by molar-refractivity contribution is 6.36. The Morgan fingerprint density at radius 2 is 1.55 bits per heavy atom. The fraction of sp³-hybridized carbons (Fsp3) is 0.178. The number of rotatable bonds is 18. The molecule has 0 radical (unpaired) electrons. The zero-order valence-electron chi connectivity index (χ0n) is 35.0. The Hall–Kier alpha value is -8.16. The van der Waals surface area contributed by atoms with Gasteiger partial charge in [0.1, 0.15) is 17.1 Å². The van der Waals surface area contributed by atoms with Crippen molar-refractivity contribution in [3.05, 3.63) is 143 Å². The van der Waals surface area contributed by atoms with Crippen molar-refractivity contribution in [2.45, 2.75) is 32.9 Å². The summed E-state index contributed by atoms with van der Waals surface area (Å²) in [5, 5.41) is 29.2. The van der Waals surface area contributed by atoms with Gasteiger partial charge in [0.2, 0.25) is 23.6 Å². The van der Waals surface area contributed by atoms with Gasteiger partial charge >= 0.3 is 0 Å². The van der Waals surface area contributed by atoms with Crippen LogP contribution in [0.15, 0.2) is 114 Å². The highest BCUT2D eigenvalue weighted by atomic mass is 35.5. The largest absolute Gasteiger partial charge is 0.506 e. The van der Waals surface area contributed by atoms with Gasteiger partial charge in [0.15, 0.2) is 5.76 Å². The van der Waals surface area contributed by atoms with Crippen LogP contribution in [0.5, 0.6) is 5.75 Å². The van der Waals surface area contributed by atoms with E-state index in [1.807, 2.05) is 35.8 Å². The fourth-order valence-corrected chi connectivity index (χ4v) is 7.06. The second-order valence-corrected chi connectivity index (χ2v) is 15.2. The van der Waals surface area contributed by atoms with Crippen molar-refractivity contribution in [1.29, 1.82) is 0 Å². The average Bonchev–Trinajstić information content (AvgIpc) is 4.09. The number of carbonyl (C=O) groups excluding carboxylic acids is 3. The topological polar surface area (TPSA) is 257 Å². The number of aromatic nitrogens is 8. The maximum absolute atomic E-state index is 13.3. The minimum Gasteiger partial charge on any atom is -0.506 e. The van der Waals surface area contributed by atoms with Gasteiger partial charge in [-0.1, -0.05) is 48.0 Å². The molecule has 0 aliphatic carbocycles. The average molecular weight is 895 g/mol. The molecule has 0 saturated heterocycles. The molecule has 0 unspecified atom stereocenters. The van der Waals surface area contributed by atoms with Crippen molar-refractivity contribution >= 4 is 58.4 Å². The Kier molecular flexibility index (Phi) is 13.3. The Morgan fingerprint density at radius 1 is 0.815 bits per heavy atom. The van der Waals surface area contributed by atoms with E-state index in [0.717, 1.165) is 22.3 Å². The minimum atomic E-state index is -0.424. The van der Waals surface area contributed by atoms with Gasteiger partial charge in [-0.15, -0.1) is 5.10 Å². The minimum absolute atomic E-state index is 0.0899. The molecule has 19 nitrogen and oxygen atoms in total. The number of hydrogen-bond acceptors (Lipinski definition) is 14. The van der Waals surface area contributed by atoms with E-state index >= 15 is 0 Å². The first-order valence-corrected chi connectivity index (χ1v) is 20.9. The molecular weight excluding hydrogens is 852 g/mol. The van der Waals surface area contributed by atoms with E-state index in [1.54, 1.807) is 79.4 Å². The van der Waals surface area contributed by atoms with Crippen LogP contribution in [0.4, 0.5) is 23.3 Å². The lowest BCUT2D eigenvalue weighted by molar-refractivity contribution is -0.121. The van der Waals surface area contributed by atoms with Crippen molar-refractivity contribution in [1.82, 2.24) is 49.7 Å². The van der Waals surface area contributed by atoms with E-state index in [4.69, 9.17) is 21.8 Å². The summed E-state index contributed by atoms with van der Waals surface area (Å²) in [5.41, 5.74) is 11.4. The van der Waals surface area contributed by atoms with E-state index in [2.05, 4.69) is 56.6 Å². The summed E-state index contributed by atoms with van der Waals surface area (Å²) in [6.45, 7) is 4.27. The quantitative estimate of drug-likeness (QED) is 0.0493. The van der Waals surface area contributed by atoms with Crippen LogP contribution in [0.1, 0.15) is 50.5 Å². The van der Waals surface area contributed by atoms with Crippen molar-refractivity contribution in [2.24, 2.45) is 0 Å². The molecule has 8 N–H and O–H groups in total. The van der Waals surface area contributed by atoms with Gasteiger partial charge in [0.05, 0.1) is 17.0 Å². The van der Waals surface area contributed by atoms with Crippen LogP contribution in [0, 0.1) is 6.92 Å². The predicted molar refractivity (Wildman–Crippen MR) is 244 cm³/mol. The number of furan rings is 1. The summed E-state index contributed by atoms with van der Waals surface area (Å²) in [6, 6.07) is 22.8. The van der Waals surface area contributed by atoms with Crippen LogP contribution < -0.4 is 32.3 Å². The van der Waals surface area contributed by atoms with E-state index in [0.29, 0.717) is 79.1 Å². The Bertz CT molecular complexity index is 2950. The van der Waals surface area contributed by atoms with Gasteiger partial charge in [-0.3, -0.25) is 24.4 Å². The molecule has 0 aliphatic heterocycles. The van der Waals surface area contributed by atoms with Crippen LogP contribution in [0.25, 0.3) is 28.5 Å². The van der Waals surface area contributed by atoms with Crippen molar-refractivity contribution < 1.29 is 23.9 Å². The summed E-state index contributed by atoms with van der Waals surface area (Å²) in [7, 11) is 0. The van der Waals surface area contributed by atoms with Crippen molar-refractivity contribution in [3.8, 4) is 28.5 Å². The molecule has 0 bridgehead atoms. The first-order chi connectivity index (χ1) is 31.6. The van der Waals surface area contributed by atoms with Crippen LogP contribution in [0.2, 0.25) is 5.02 Å². The maximum Gasteiger partial charge on any atom is 0.274 e. The standard InChI is InChI=1S/C45H43ClN14O5/c1-27-31(32-7-3-9-34(39(32)46)54-42(64)36-15-13-29(24-52-36)25-59-20-16-30(61)26-59)6-2-8-33(27)53-41(63)35-14-12-28(23-51-35)22-48-18-19-49-38(62)11-4-17-50-44-56-43(47)60-45(57-44)55-40(58-60)37-10-5-21-65-37/h2-3,5-10,12-16,20-21,23-24,26,48,61H,4,11,17-19,22,25H2,1H3,(H,49,62)(H,53,63)(H,54,64)(H3,47,50,55,56,57,58). The Morgan fingerprint density at radius 3 is 2.26 bits per heavy atom. The molecule has 2 aromatic carbocycles. The summed E-state index contributed by atoms with van der Waals surface area (Å²) in [6.07, 6.45) is 8.97. The maximum atomic E-state index is 13.3. The van der Waals surface area contributed by atoms with E-state index in [1.165, 1.54) is 10.8 Å². The molecule has 0 spiro atoms. The van der Waals surface area contributed by atoms with Gasteiger partial charge < -0.3 is 46.4 Å². The molecule has 330 valence electrons. The number of nitrogen functional groups attached to an aromatic ring is 1. The van der Waals surface area contributed by atoms with Crippen LogP contribution in [0.3, 0.4) is 0 Å². The first kappa shape index (κ1) is 43.5. The smallest absolute Gasteiger partial charge is 0.274 e. The molecule has 0 atom stereocenters. The van der Waals surface area contributed by atoms with Crippen LogP contribution in [-0.4, -0.2) is 81.6 Å². The predicted octanol–water partition coefficient (Wildman–Crippen LogP) is 5.94. The van der Waals surface area contributed by atoms with Crippen LogP contribution >= 0.6 is 11.6 Å². The number of hydrogen-bond donors (Lipinski definition) is 7. The summed E-state index contributed by atoms with van der Waals surface area (Å²) >= 11 is 6.88. The molecule has 6 aromatic heterocycles. The zero-order valence-corrected chi connectivity index (χ0v) is 35.7. The molecule has 0 fully saturated rings. The molecule has 0 saturated carbocycles. The number of amides is 3. The number of carbonyl (C=O) groups is 3. The van der Waals surface area contributed by atoms with Gasteiger partial charge in [-0.2, -0.15) is 19.5 Å². The normalized spacial score (nSPS) is 11.1. The number of halogens is 1. The lowest BCUT2D eigenvalue weighted by Crippen LogP contribution is -2.31. The molecule has 6 heterocycles. The number of nitrogens with one attached hydrogen (secondary N) is 5. The summed E-state index contributed by atoms with van der Waals surface area (Å²) in [4.78, 5) is 60.5. The highest BCUT2D eigenvalue weighted by Crippen LogP contribution is 2.37. The first-order valence-electron chi connectivity index (χ1n) is 20.5. The van der Waals surface area contributed by atoms with Crippen LogP contribution in [-0.2, 0) is 17.9 Å². The second-order valence-electron chi connectivity index (χ2n) is 14.8. The Labute approximate surface area is 376 Å². The molecular formula is C45H43ClN14O5. The molecule has 0 aliphatic rings. The van der Waals surface area contributed by atoms with Crippen molar-refractivity contribution in [2.75, 3.05) is 41.3 Å². The molecule has 65 heavy (non-hydrogen) atoms. The summed E-state index contributed by atoms with van der Waals surface area (Å²) in [5.74, 6) is 0.766. The number of anilines is 4. The third-order valence-corrected chi connectivity index (χ3v) is 10.5. The molecule has 20 heteroatoms. The van der Waals surface area contributed by atoms with Gasteiger partial charge in [0, 0.05) is 75.2 Å². The number of nitrogens with two attached hydrogens (primary N) is 1. The number of fused-ring (bicyclic) bond motifs is 1. The lowest BCUT2D eigenvalue weighted by Gasteiger charge is -2.16. The van der Waals surface area contributed by atoms with Crippen molar-refractivity contribution in [3.63, 3.8) is 0 Å². The van der Waals surface area contributed by atoms with Gasteiger partial charge in [-0.05, 0) is 78.1 Å². The van der Waals surface area contributed by atoms with Gasteiger partial charge in [0.25, 0.3) is 17.6 Å². The van der Waals surface area contributed by atoms with Gasteiger partial charge in [-0.25, -0.2) is 0 Å². The fourth-order valence-electron chi connectivity index (χ4n) is 6.78. The highest BCUT2D eigenvalue weighted by Gasteiger charge is 2.18. The zero-order chi connectivity index (χ0) is 45.3. The SMILES string of the molecule is Cc1c(NC(=O)c2ccc(CNCCNC(=O)CCCNc3nc(N)n4nc(-c5ccco5)nc4n3)cn2)cccc1-c1cccc(NC(=O)c2ccc(Cn3ccc(O)c3)cn2)c1Cl. The Balaban J connectivity index is 0.761. The van der Waals surface area contributed by atoms with E-state index in [-0.39, 0.29) is 46.6 Å². The van der Waals surface area contributed by atoms with E-state index in [9.17, 15) is 19.5 Å². The van der Waals surface area contributed by atoms with E-state index < -0.39 is 5.91 Å². The monoisotopic (exact) mass is 894 g/mol. The molecule has 8 rings (SSSR count). The number of pyridine rings is 2. The molecule has 3 amide bonds. The molecule has 8 aromatic rings. The third kappa shape index (κ3) is 10.7. The second kappa shape index (κ2) is 19.9. The summed E-state index contributed by atoms with van der Waals surface area (Å²) < 4.78 is 8.47. The number of nitrogens with zero attached hydrogens (tertiary/aromatic N) is 8. The number of benzene rings is 2. The lowest BCUT2D eigenvalue weighted by atomic mass is 9.98. The number of aromatic hydroxyl groups is 1.